The summed E-state index contributed by atoms with van der Waals surface area (Å²) in [6.45, 7) is 8.28. The van der Waals surface area contributed by atoms with Gasteiger partial charge in [0.05, 0.1) is 12.8 Å². The Morgan fingerprint density at radius 3 is 2.71 bits per heavy atom. The molecular weight excluding hydrogens is 216 g/mol. The third-order valence-corrected chi connectivity index (χ3v) is 2.21. The van der Waals surface area contributed by atoms with E-state index >= 15 is 0 Å². The quantitative estimate of drug-likeness (QED) is 0.821. The van der Waals surface area contributed by atoms with Crippen LogP contribution >= 0.6 is 0 Å². The molecule has 0 radical (unpaired) electrons. The topological polar surface area (TPSA) is 54.3 Å². The van der Waals surface area contributed by atoms with Crippen LogP contribution in [0.5, 0.6) is 0 Å². The van der Waals surface area contributed by atoms with Gasteiger partial charge in [-0.05, 0) is 39.8 Å². The summed E-state index contributed by atoms with van der Waals surface area (Å²) >= 11 is 0. The molecule has 0 aliphatic carbocycles. The fourth-order valence-corrected chi connectivity index (χ4v) is 1.53. The first-order valence-corrected chi connectivity index (χ1v) is 5.93. The van der Waals surface area contributed by atoms with Crippen molar-refractivity contribution in [1.82, 2.24) is 10.6 Å². The highest BCUT2D eigenvalue weighted by molar-refractivity contribution is 5.78. The van der Waals surface area contributed by atoms with Crippen LogP contribution in [-0.4, -0.2) is 24.0 Å². The first-order valence-electron chi connectivity index (χ1n) is 5.93. The maximum atomic E-state index is 11.6. The molecule has 96 valence electrons. The summed E-state index contributed by atoms with van der Waals surface area (Å²) in [5, 5.41) is 6.08. The summed E-state index contributed by atoms with van der Waals surface area (Å²) in [6.07, 6.45) is 2.45. The Morgan fingerprint density at radius 1 is 1.47 bits per heavy atom. The van der Waals surface area contributed by atoms with Crippen molar-refractivity contribution in [2.45, 2.75) is 45.7 Å². The van der Waals surface area contributed by atoms with Crippen LogP contribution in [0.15, 0.2) is 22.8 Å². The van der Waals surface area contributed by atoms with Gasteiger partial charge in [-0.15, -0.1) is 0 Å². The molecule has 1 aromatic heterocycles. The Kier molecular flexibility index (Phi) is 4.75. The molecule has 0 saturated carbocycles. The molecule has 0 aliphatic heterocycles. The lowest BCUT2D eigenvalue weighted by molar-refractivity contribution is -0.121. The molecule has 1 atom stereocenters. The maximum Gasteiger partial charge on any atom is 0.234 e. The van der Waals surface area contributed by atoms with Crippen molar-refractivity contribution in [3.63, 3.8) is 0 Å². The highest BCUT2D eigenvalue weighted by atomic mass is 16.3. The van der Waals surface area contributed by atoms with Crippen LogP contribution in [0.1, 0.15) is 33.5 Å². The summed E-state index contributed by atoms with van der Waals surface area (Å²) in [7, 11) is 0. The van der Waals surface area contributed by atoms with Crippen LogP contribution in [0.3, 0.4) is 0 Å². The van der Waals surface area contributed by atoms with Crippen LogP contribution in [0.2, 0.25) is 0 Å². The standard InChI is InChI=1S/C13H22N2O2/c1-10(8-11-6-5-7-17-11)14-9-12(16)15-13(2,3)4/h5-7,10,14H,8-9H2,1-4H3,(H,15,16). The van der Waals surface area contributed by atoms with E-state index < -0.39 is 0 Å². The van der Waals surface area contributed by atoms with Gasteiger partial charge >= 0.3 is 0 Å². The number of carbonyl (C=O) groups excluding carboxylic acids is 1. The van der Waals surface area contributed by atoms with E-state index in [2.05, 4.69) is 10.6 Å². The minimum atomic E-state index is -0.178. The molecule has 4 nitrogen and oxygen atoms in total. The van der Waals surface area contributed by atoms with Crippen LogP contribution in [-0.2, 0) is 11.2 Å². The van der Waals surface area contributed by atoms with Crippen molar-refractivity contribution < 1.29 is 9.21 Å². The molecule has 0 spiro atoms. The summed E-state index contributed by atoms with van der Waals surface area (Å²) in [5.74, 6) is 0.949. The van der Waals surface area contributed by atoms with Gasteiger partial charge in [0.25, 0.3) is 0 Å². The van der Waals surface area contributed by atoms with E-state index in [0.29, 0.717) is 6.54 Å². The van der Waals surface area contributed by atoms with Gasteiger partial charge in [0.1, 0.15) is 5.76 Å². The van der Waals surface area contributed by atoms with E-state index in [-0.39, 0.29) is 17.5 Å². The van der Waals surface area contributed by atoms with Crippen molar-refractivity contribution in [1.29, 1.82) is 0 Å². The lowest BCUT2D eigenvalue weighted by Crippen LogP contribution is -2.46. The lowest BCUT2D eigenvalue weighted by Gasteiger charge is -2.21. The highest BCUT2D eigenvalue weighted by Crippen LogP contribution is 2.03. The number of hydrogen-bond donors (Lipinski definition) is 2. The predicted octanol–water partition coefficient (Wildman–Crippen LogP) is 1.71. The van der Waals surface area contributed by atoms with Gasteiger partial charge in [-0.3, -0.25) is 4.79 Å². The molecule has 0 bridgehead atoms. The average molecular weight is 238 g/mol. The van der Waals surface area contributed by atoms with Crippen LogP contribution in [0, 0.1) is 0 Å². The monoisotopic (exact) mass is 238 g/mol. The van der Waals surface area contributed by atoms with E-state index in [1.807, 2.05) is 39.8 Å². The second-order valence-corrected chi connectivity index (χ2v) is 5.36. The second kappa shape index (κ2) is 5.87. The predicted molar refractivity (Wildman–Crippen MR) is 67.8 cm³/mol. The molecule has 2 N–H and O–H groups in total. The van der Waals surface area contributed by atoms with Gasteiger partial charge in [0.15, 0.2) is 0 Å². The minimum absolute atomic E-state index is 0.0174. The normalized spacial score (nSPS) is 13.4. The van der Waals surface area contributed by atoms with Gasteiger partial charge in [0, 0.05) is 18.0 Å². The second-order valence-electron chi connectivity index (χ2n) is 5.36. The molecular formula is C13H22N2O2. The third kappa shape index (κ3) is 6.12. The fraction of sp³-hybridized carbons (Fsp3) is 0.615. The number of rotatable bonds is 5. The molecule has 0 fully saturated rings. The van der Waals surface area contributed by atoms with Crippen LogP contribution < -0.4 is 10.6 Å². The molecule has 1 heterocycles. The Bertz CT molecular complexity index is 339. The number of furan rings is 1. The van der Waals surface area contributed by atoms with Crippen molar-refractivity contribution in [3.8, 4) is 0 Å². The Balaban J connectivity index is 2.24. The highest BCUT2D eigenvalue weighted by Gasteiger charge is 2.14. The number of nitrogens with one attached hydrogen (secondary N) is 2. The number of hydrogen-bond acceptors (Lipinski definition) is 3. The van der Waals surface area contributed by atoms with E-state index in [9.17, 15) is 4.79 Å². The molecule has 0 aliphatic rings. The van der Waals surface area contributed by atoms with Gasteiger partial charge in [-0.2, -0.15) is 0 Å². The van der Waals surface area contributed by atoms with Crippen molar-refractivity contribution in [2.24, 2.45) is 0 Å². The Morgan fingerprint density at radius 2 is 2.18 bits per heavy atom. The van der Waals surface area contributed by atoms with E-state index in [1.165, 1.54) is 0 Å². The lowest BCUT2D eigenvalue weighted by atomic mass is 10.1. The van der Waals surface area contributed by atoms with Crippen LogP contribution in [0.4, 0.5) is 0 Å². The van der Waals surface area contributed by atoms with Gasteiger partial charge in [-0.25, -0.2) is 0 Å². The summed E-state index contributed by atoms with van der Waals surface area (Å²) in [6, 6.07) is 4.02. The first-order chi connectivity index (χ1) is 7.87. The number of carbonyl (C=O) groups is 1. The van der Waals surface area contributed by atoms with Crippen molar-refractivity contribution >= 4 is 5.91 Å². The Labute approximate surface area is 103 Å². The van der Waals surface area contributed by atoms with Crippen molar-refractivity contribution in [2.75, 3.05) is 6.54 Å². The SMILES string of the molecule is CC(Cc1ccco1)NCC(=O)NC(C)(C)C. The molecule has 17 heavy (non-hydrogen) atoms. The third-order valence-electron chi connectivity index (χ3n) is 2.21. The zero-order valence-electron chi connectivity index (χ0n) is 11.0. The zero-order valence-corrected chi connectivity index (χ0v) is 11.0. The molecule has 0 aromatic carbocycles. The van der Waals surface area contributed by atoms with E-state index in [1.54, 1.807) is 6.26 Å². The molecule has 4 heteroatoms. The van der Waals surface area contributed by atoms with E-state index in [0.717, 1.165) is 12.2 Å². The summed E-state index contributed by atoms with van der Waals surface area (Å²) in [5.41, 5.74) is -0.178. The first kappa shape index (κ1) is 13.8. The minimum Gasteiger partial charge on any atom is -0.469 e. The smallest absolute Gasteiger partial charge is 0.234 e. The van der Waals surface area contributed by atoms with E-state index in [4.69, 9.17) is 4.42 Å². The van der Waals surface area contributed by atoms with Gasteiger partial charge in [0.2, 0.25) is 5.91 Å². The average Bonchev–Trinajstić information content (AvgIpc) is 2.64. The molecule has 1 amide bonds. The fourth-order valence-electron chi connectivity index (χ4n) is 1.53. The Hall–Kier alpha value is -1.29. The van der Waals surface area contributed by atoms with Crippen LogP contribution in [0.25, 0.3) is 0 Å². The summed E-state index contributed by atoms with van der Waals surface area (Å²) in [4.78, 5) is 11.6. The van der Waals surface area contributed by atoms with Crippen molar-refractivity contribution in [3.05, 3.63) is 24.2 Å². The maximum absolute atomic E-state index is 11.6. The molecule has 0 saturated heterocycles. The largest absolute Gasteiger partial charge is 0.469 e. The van der Waals surface area contributed by atoms with Gasteiger partial charge < -0.3 is 15.1 Å². The molecule has 1 aromatic rings. The molecule has 1 rings (SSSR count). The number of amides is 1. The zero-order chi connectivity index (χ0) is 12.9. The van der Waals surface area contributed by atoms with Gasteiger partial charge in [-0.1, -0.05) is 0 Å². The molecule has 1 unspecified atom stereocenters. The summed E-state index contributed by atoms with van der Waals surface area (Å²) < 4.78 is 5.25.